The van der Waals surface area contributed by atoms with E-state index in [1.165, 1.54) is 18.8 Å². The van der Waals surface area contributed by atoms with Gasteiger partial charge in [0.25, 0.3) is 0 Å². The first kappa shape index (κ1) is 11.8. The van der Waals surface area contributed by atoms with Crippen LogP contribution in [0.25, 0.3) is 0 Å². The second-order valence-electron chi connectivity index (χ2n) is 5.27. The quantitative estimate of drug-likeness (QED) is 0.643. The van der Waals surface area contributed by atoms with Crippen LogP contribution in [0.3, 0.4) is 0 Å². The molecule has 1 aliphatic rings. The topological polar surface area (TPSA) is 81.0 Å². The van der Waals surface area contributed by atoms with Gasteiger partial charge in [-0.25, -0.2) is 9.97 Å². The summed E-state index contributed by atoms with van der Waals surface area (Å²) < 4.78 is 0. The largest absolute Gasteiger partial charge is 0.351 e. The van der Waals surface area contributed by atoms with Gasteiger partial charge in [-0.2, -0.15) is 0 Å². The van der Waals surface area contributed by atoms with E-state index in [9.17, 15) is 10.1 Å². The number of rotatable bonds is 3. The summed E-state index contributed by atoms with van der Waals surface area (Å²) in [5.41, 5.74) is 0.278. The first-order valence-corrected chi connectivity index (χ1v) is 5.69. The Labute approximate surface area is 99.6 Å². The minimum atomic E-state index is -0.498. The lowest BCUT2D eigenvalue weighted by molar-refractivity contribution is -0.385. The number of aromatic nitrogens is 2. The monoisotopic (exact) mass is 236 g/mol. The Hall–Kier alpha value is -1.72. The summed E-state index contributed by atoms with van der Waals surface area (Å²) in [6.45, 7) is 4.48. The maximum Gasteiger partial charge on any atom is 0.305 e. The minimum absolute atomic E-state index is 0.0812. The predicted octanol–water partition coefficient (Wildman–Crippen LogP) is 2.38. The van der Waals surface area contributed by atoms with Crippen molar-refractivity contribution in [3.8, 4) is 0 Å². The molecular formula is C11H16N4O2. The standard InChI is InChI=1S/C11H16N4O2/c1-11(2)4-3-8(5-11)14-10-12-6-9(7-13-10)15(16)17/h6-8H,3-5H2,1-2H3,(H,12,13,14). The van der Waals surface area contributed by atoms with E-state index in [1.54, 1.807) is 0 Å². The van der Waals surface area contributed by atoms with Crippen molar-refractivity contribution < 1.29 is 4.92 Å². The summed E-state index contributed by atoms with van der Waals surface area (Å²) in [5.74, 6) is 0.471. The second kappa shape index (κ2) is 4.27. The van der Waals surface area contributed by atoms with Gasteiger partial charge in [-0.15, -0.1) is 0 Å². The van der Waals surface area contributed by atoms with Gasteiger partial charge < -0.3 is 5.32 Å². The number of nitrogens with one attached hydrogen (secondary N) is 1. The summed E-state index contributed by atoms with van der Waals surface area (Å²) in [6.07, 6.45) is 5.81. The molecule has 1 aromatic rings. The molecule has 0 radical (unpaired) electrons. The molecule has 1 unspecified atom stereocenters. The number of hydrogen-bond acceptors (Lipinski definition) is 5. The Morgan fingerprint density at radius 1 is 1.47 bits per heavy atom. The molecular weight excluding hydrogens is 220 g/mol. The van der Waals surface area contributed by atoms with Crippen LogP contribution in [0.4, 0.5) is 11.6 Å². The van der Waals surface area contributed by atoms with Crippen molar-refractivity contribution in [3.05, 3.63) is 22.5 Å². The lowest BCUT2D eigenvalue weighted by atomic mass is 9.92. The molecule has 1 N–H and O–H groups in total. The molecule has 1 aliphatic carbocycles. The Bertz CT molecular complexity index is 416. The van der Waals surface area contributed by atoms with E-state index in [-0.39, 0.29) is 5.69 Å². The highest BCUT2D eigenvalue weighted by Gasteiger charge is 2.31. The van der Waals surface area contributed by atoms with Crippen LogP contribution in [-0.4, -0.2) is 20.9 Å². The number of nitro groups is 1. The van der Waals surface area contributed by atoms with Crippen LogP contribution in [0.15, 0.2) is 12.4 Å². The van der Waals surface area contributed by atoms with Crippen LogP contribution in [0.1, 0.15) is 33.1 Å². The summed E-state index contributed by atoms with van der Waals surface area (Å²) >= 11 is 0. The van der Waals surface area contributed by atoms with Crippen LogP contribution < -0.4 is 5.32 Å². The van der Waals surface area contributed by atoms with Gasteiger partial charge in [0.05, 0.1) is 4.92 Å². The molecule has 1 heterocycles. The summed E-state index contributed by atoms with van der Waals surface area (Å²) in [5, 5.41) is 13.7. The summed E-state index contributed by atoms with van der Waals surface area (Å²) in [4.78, 5) is 17.8. The molecule has 0 amide bonds. The van der Waals surface area contributed by atoms with Gasteiger partial charge in [-0.3, -0.25) is 10.1 Å². The lowest BCUT2D eigenvalue weighted by Gasteiger charge is -2.17. The molecule has 92 valence electrons. The summed E-state index contributed by atoms with van der Waals surface area (Å²) in [7, 11) is 0. The number of hydrogen-bond donors (Lipinski definition) is 1. The van der Waals surface area contributed by atoms with Crippen LogP contribution in [0, 0.1) is 15.5 Å². The highest BCUT2D eigenvalue weighted by atomic mass is 16.6. The van der Waals surface area contributed by atoms with Gasteiger partial charge in [0.2, 0.25) is 5.95 Å². The van der Waals surface area contributed by atoms with Crippen LogP contribution in [-0.2, 0) is 0 Å². The zero-order valence-corrected chi connectivity index (χ0v) is 10.0. The second-order valence-corrected chi connectivity index (χ2v) is 5.27. The highest BCUT2D eigenvalue weighted by molar-refractivity contribution is 5.31. The van der Waals surface area contributed by atoms with E-state index in [2.05, 4.69) is 29.1 Å². The van der Waals surface area contributed by atoms with Crippen LogP contribution in [0.2, 0.25) is 0 Å². The fourth-order valence-corrected chi connectivity index (χ4v) is 2.23. The third kappa shape index (κ3) is 2.89. The maximum atomic E-state index is 10.4. The fourth-order valence-electron chi connectivity index (χ4n) is 2.23. The lowest BCUT2D eigenvalue weighted by Crippen LogP contribution is -2.19. The molecule has 1 fully saturated rings. The Morgan fingerprint density at radius 3 is 2.59 bits per heavy atom. The summed E-state index contributed by atoms with van der Waals surface area (Å²) in [6, 6.07) is 0.367. The third-order valence-corrected chi connectivity index (χ3v) is 3.15. The molecule has 0 saturated heterocycles. The van der Waals surface area contributed by atoms with Crippen molar-refractivity contribution in [3.63, 3.8) is 0 Å². The molecule has 6 nitrogen and oxygen atoms in total. The van der Waals surface area contributed by atoms with Crippen molar-refractivity contribution >= 4 is 11.6 Å². The highest BCUT2D eigenvalue weighted by Crippen LogP contribution is 2.37. The smallest absolute Gasteiger partial charge is 0.305 e. The van der Waals surface area contributed by atoms with Crippen molar-refractivity contribution in [1.82, 2.24) is 9.97 Å². The average molecular weight is 236 g/mol. The Balaban J connectivity index is 1.98. The zero-order valence-electron chi connectivity index (χ0n) is 10.0. The molecule has 0 aliphatic heterocycles. The SMILES string of the molecule is CC1(C)CCC(Nc2ncc([N+](=O)[O-])cn2)C1. The average Bonchev–Trinajstić information content (AvgIpc) is 2.59. The maximum absolute atomic E-state index is 10.4. The zero-order chi connectivity index (χ0) is 12.5. The van der Waals surface area contributed by atoms with Gasteiger partial charge in [0.15, 0.2) is 0 Å². The molecule has 1 aromatic heterocycles. The van der Waals surface area contributed by atoms with E-state index >= 15 is 0 Å². The molecule has 1 atom stereocenters. The molecule has 2 rings (SSSR count). The number of anilines is 1. The fraction of sp³-hybridized carbons (Fsp3) is 0.636. The van der Waals surface area contributed by atoms with Gasteiger partial charge >= 0.3 is 5.69 Å². The Morgan fingerprint density at radius 2 is 2.12 bits per heavy atom. The van der Waals surface area contributed by atoms with Gasteiger partial charge in [0.1, 0.15) is 12.4 Å². The van der Waals surface area contributed by atoms with Crippen molar-refractivity contribution in [1.29, 1.82) is 0 Å². The molecule has 1 saturated carbocycles. The van der Waals surface area contributed by atoms with Gasteiger partial charge in [-0.1, -0.05) is 13.8 Å². The van der Waals surface area contributed by atoms with E-state index in [0.717, 1.165) is 12.8 Å². The van der Waals surface area contributed by atoms with Crippen LogP contribution in [0.5, 0.6) is 0 Å². The molecule has 17 heavy (non-hydrogen) atoms. The first-order chi connectivity index (χ1) is 7.96. The van der Waals surface area contributed by atoms with E-state index in [4.69, 9.17) is 0 Å². The predicted molar refractivity (Wildman–Crippen MR) is 63.7 cm³/mol. The van der Waals surface area contributed by atoms with E-state index in [0.29, 0.717) is 17.4 Å². The van der Waals surface area contributed by atoms with Gasteiger partial charge in [-0.05, 0) is 24.7 Å². The molecule has 0 spiro atoms. The number of nitrogens with zero attached hydrogens (tertiary/aromatic N) is 3. The molecule has 0 bridgehead atoms. The third-order valence-electron chi connectivity index (χ3n) is 3.15. The van der Waals surface area contributed by atoms with E-state index < -0.39 is 4.92 Å². The van der Waals surface area contributed by atoms with Crippen molar-refractivity contribution in [2.45, 2.75) is 39.2 Å². The van der Waals surface area contributed by atoms with E-state index in [1.807, 2.05) is 0 Å². The van der Waals surface area contributed by atoms with Crippen molar-refractivity contribution in [2.24, 2.45) is 5.41 Å². The Kier molecular flexibility index (Phi) is 2.95. The molecule has 6 heteroatoms. The van der Waals surface area contributed by atoms with Crippen molar-refractivity contribution in [2.75, 3.05) is 5.32 Å². The van der Waals surface area contributed by atoms with Crippen LogP contribution >= 0.6 is 0 Å². The minimum Gasteiger partial charge on any atom is -0.351 e. The van der Waals surface area contributed by atoms with Gasteiger partial charge in [0, 0.05) is 6.04 Å². The first-order valence-electron chi connectivity index (χ1n) is 5.69. The molecule has 0 aromatic carbocycles. The normalized spacial score (nSPS) is 22.4.